The van der Waals surface area contributed by atoms with E-state index >= 15 is 0 Å². The molecule has 14 heteroatoms. The lowest BCUT2D eigenvalue weighted by molar-refractivity contribution is -0.000383. The van der Waals surface area contributed by atoms with Gasteiger partial charge in [0.05, 0.1) is 11.1 Å². The van der Waals surface area contributed by atoms with E-state index in [0.717, 1.165) is 24.0 Å². The molecule has 3 aromatic heterocycles. The molecule has 6 rings (SSSR count). The maximum atomic E-state index is 13.7. The number of nitrogens with zero attached hydrogens (tertiary/aromatic N) is 5. The number of carbonyl (C=O) groups excluding carboxylic acids is 4. The minimum Gasteiger partial charge on any atom is -0.424 e. The van der Waals surface area contributed by atoms with Gasteiger partial charge in [-0.15, -0.1) is 0 Å². The van der Waals surface area contributed by atoms with Crippen LogP contribution in [0.3, 0.4) is 0 Å². The number of anilines is 3. The molecule has 3 amide bonds. The number of hydrogen-bond donors (Lipinski definition) is 2. The smallest absolute Gasteiger partial charge is 0.424 e. The molecule has 14 nitrogen and oxygen atoms in total. The van der Waals surface area contributed by atoms with E-state index in [0.29, 0.717) is 33.0 Å². The molecule has 2 aromatic carbocycles. The predicted octanol–water partition coefficient (Wildman–Crippen LogP) is 4.88. The molecule has 0 unspecified atom stereocenters. The summed E-state index contributed by atoms with van der Waals surface area (Å²) in [6, 6.07) is 13.0. The number of carbonyl (C=O) groups is 4. The van der Waals surface area contributed by atoms with Crippen molar-refractivity contribution in [1.82, 2.24) is 25.1 Å². The van der Waals surface area contributed by atoms with E-state index in [1.165, 1.54) is 18.7 Å². The van der Waals surface area contributed by atoms with Gasteiger partial charge < -0.3 is 24.6 Å². The predicted molar refractivity (Wildman–Crippen MR) is 164 cm³/mol. The van der Waals surface area contributed by atoms with Gasteiger partial charge in [0, 0.05) is 29.6 Å². The quantitative estimate of drug-likeness (QED) is 0.169. The van der Waals surface area contributed by atoms with Gasteiger partial charge in [0.15, 0.2) is 11.6 Å². The Hall–Kier alpha value is -6.05. The van der Waals surface area contributed by atoms with Crippen molar-refractivity contribution in [2.75, 3.05) is 17.0 Å². The van der Waals surface area contributed by atoms with E-state index in [2.05, 4.69) is 25.9 Å². The summed E-state index contributed by atoms with van der Waals surface area (Å²) in [6.45, 7) is 4.79. The lowest BCUT2D eigenvalue weighted by Crippen LogP contribution is -2.38. The Morgan fingerprint density at radius 1 is 1.00 bits per heavy atom. The summed E-state index contributed by atoms with van der Waals surface area (Å²) in [7, 11) is 0. The fraction of sp³-hybridized carbons (Fsp3) is 0.219. The number of fused-ring (bicyclic) bond motifs is 1. The normalized spacial score (nSPS) is 12.4. The third-order valence-electron chi connectivity index (χ3n) is 7.42. The van der Waals surface area contributed by atoms with Crippen LogP contribution in [0.2, 0.25) is 0 Å². The monoisotopic (exact) mass is 623 g/mol. The van der Waals surface area contributed by atoms with Gasteiger partial charge in [-0.3, -0.25) is 9.59 Å². The summed E-state index contributed by atoms with van der Waals surface area (Å²) in [4.78, 5) is 57.0. The highest BCUT2D eigenvalue weighted by molar-refractivity contribution is 6.19. The summed E-state index contributed by atoms with van der Waals surface area (Å²) < 4.78 is 16.6. The van der Waals surface area contributed by atoms with Crippen LogP contribution in [0.4, 0.5) is 22.1 Å². The Bertz CT molecular complexity index is 1950. The number of rotatable bonds is 9. The lowest BCUT2D eigenvalue weighted by Gasteiger charge is -2.18. The summed E-state index contributed by atoms with van der Waals surface area (Å²) >= 11 is 0. The standard InChI is InChI=1S/C32H29N7O7/c1-18-4-7-21(8-5-18)31(42)44-17-45-32(43)39(26-12-13-46-37-26)30(41)22-9-6-19(2)25(14-22)36-28-27-20(3)24(15-38(27)34-16-33-28)29(40)35-23-10-11-23/h4-9,12-16,23H,10-11,17H2,1-3H3,(H,35,40)(H,33,34,36). The van der Waals surface area contributed by atoms with Crippen LogP contribution in [-0.2, 0) is 9.47 Å². The van der Waals surface area contributed by atoms with E-state index in [1.54, 1.807) is 53.2 Å². The van der Waals surface area contributed by atoms with Crippen LogP contribution in [-0.4, -0.2) is 56.5 Å². The molecular weight excluding hydrogens is 594 g/mol. The van der Waals surface area contributed by atoms with E-state index in [9.17, 15) is 19.2 Å². The Balaban J connectivity index is 1.21. The second kappa shape index (κ2) is 12.5. The summed E-state index contributed by atoms with van der Waals surface area (Å²) in [5, 5.41) is 14.2. The maximum Gasteiger partial charge on any atom is 0.425 e. The topological polar surface area (TPSA) is 170 Å². The molecule has 1 fully saturated rings. The Labute approximate surface area is 262 Å². The van der Waals surface area contributed by atoms with Crippen LogP contribution < -0.4 is 15.5 Å². The first-order valence-electron chi connectivity index (χ1n) is 14.4. The Morgan fingerprint density at radius 3 is 2.48 bits per heavy atom. The highest BCUT2D eigenvalue weighted by Gasteiger charge is 2.30. The van der Waals surface area contributed by atoms with E-state index in [4.69, 9.17) is 14.0 Å². The molecule has 0 atom stereocenters. The Morgan fingerprint density at radius 2 is 1.76 bits per heavy atom. The molecular formula is C32H29N7O7. The van der Waals surface area contributed by atoms with Crippen LogP contribution in [0.15, 0.2) is 71.8 Å². The maximum absolute atomic E-state index is 13.7. The van der Waals surface area contributed by atoms with E-state index in [1.807, 2.05) is 20.8 Å². The van der Waals surface area contributed by atoms with Crippen LogP contribution in [0.5, 0.6) is 0 Å². The third kappa shape index (κ3) is 6.26. The second-order valence-electron chi connectivity index (χ2n) is 10.8. The molecule has 2 N–H and O–H groups in total. The molecule has 0 radical (unpaired) electrons. The van der Waals surface area contributed by atoms with Crippen molar-refractivity contribution in [3.63, 3.8) is 0 Å². The fourth-order valence-corrected chi connectivity index (χ4v) is 4.69. The van der Waals surface area contributed by atoms with Gasteiger partial charge in [0.1, 0.15) is 18.1 Å². The van der Waals surface area contributed by atoms with Crippen molar-refractivity contribution in [1.29, 1.82) is 0 Å². The average molecular weight is 624 g/mol. The van der Waals surface area contributed by atoms with Gasteiger partial charge >= 0.3 is 12.1 Å². The van der Waals surface area contributed by atoms with Gasteiger partial charge in [-0.2, -0.15) is 10.00 Å². The van der Waals surface area contributed by atoms with Gasteiger partial charge in [-0.1, -0.05) is 28.9 Å². The number of esters is 1. The summed E-state index contributed by atoms with van der Waals surface area (Å²) in [5.41, 5.74) is 4.39. The number of benzene rings is 2. The highest BCUT2D eigenvalue weighted by Crippen LogP contribution is 2.29. The van der Waals surface area contributed by atoms with Crippen LogP contribution in [0.25, 0.3) is 5.52 Å². The zero-order valence-electron chi connectivity index (χ0n) is 25.1. The molecule has 0 saturated heterocycles. The number of aryl methyl sites for hydroxylation is 3. The molecule has 234 valence electrons. The molecule has 0 bridgehead atoms. The van der Waals surface area contributed by atoms with Crippen LogP contribution in [0.1, 0.15) is 60.6 Å². The zero-order valence-corrected chi connectivity index (χ0v) is 25.1. The highest BCUT2D eigenvalue weighted by atomic mass is 16.7. The molecule has 0 spiro atoms. The van der Waals surface area contributed by atoms with Crippen LogP contribution in [0, 0.1) is 20.8 Å². The first-order chi connectivity index (χ1) is 22.2. The third-order valence-corrected chi connectivity index (χ3v) is 7.42. The van der Waals surface area contributed by atoms with Gasteiger partial charge in [-0.05, 0) is 69.0 Å². The van der Waals surface area contributed by atoms with Gasteiger partial charge in [0.2, 0.25) is 6.79 Å². The minimum atomic E-state index is -1.14. The lowest BCUT2D eigenvalue weighted by atomic mass is 10.1. The van der Waals surface area contributed by atoms with Crippen molar-refractivity contribution in [3.05, 3.63) is 101 Å². The van der Waals surface area contributed by atoms with E-state index in [-0.39, 0.29) is 28.9 Å². The number of hydrogen-bond acceptors (Lipinski definition) is 11. The average Bonchev–Trinajstić information content (AvgIpc) is 3.55. The van der Waals surface area contributed by atoms with Gasteiger partial charge in [-0.25, -0.2) is 19.1 Å². The first-order valence-corrected chi connectivity index (χ1v) is 14.4. The number of aromatic nitrogens is 4. The molecule has 46 heavy (non-hydrogen) atoms. The number of imide groups is 1. The van der Waals surface area contributed by atoms with Crippen molar-refractivity contribution in [3.8, 4) is 0 Å². The van der Waals surface area contributed by atoms with E-state index < -0.39 is 24.8 Å². The van der Waals surface area contributed by atoms with Crippen molar-refractivity contribution < 1.29 is 33.2 Å². The van der Waals surface area contributed by atoms with Crippen molar-refractivity contribution >= 4 is 46.7 Å². The molecule has 1 aliphatic carbocycles. The largest absolute Gasteiger partial charge is 0.425 e. The SMILES string of the molecule is Cc1ccc(C(=O)OCOC(=O)N(C(=O)c2ccc(C)c(Nc3ncnn4cc(C(=O)NC5CC5)c(C)c34)c2)c2ccon2)cc1. The van der Waals surface area contributed by atoms with Crippen molar-refractivity contribution in [2.45, 2.75) is 39.7 Å². The van der Waals surface area contributed by atoms with Gasteiger partial charge in [0.25, 0.3) is 11.8 Å². The first kappa shape index (κ1) is 30.0. The number of ether oxygens (including phenoxy) is 2. The molecule has 1 aliphatic rings. The molecule has 3 heterocycles. The Kier molecular flexibility index (Phi) is 8.16. The second-order valence-corrected chi connectivity index (χ2v) is 10.8. The molecule has 5 aromatic rings. The molecule has 1 saturated carbocycles. The zero-order chi connectivity index (χ0) is 32.4. The minimum absolute atomic E-state index is 0.103. The molecule has 0 aliphatic heterocycles. The number of nitrogens with one attached hydrogen (secondary N) is 2. The summed E-state index contributed by atoms with van der Waals surface area (Å²) in [5.74, 6) is -1.38. The van der Waals surface area contributed by atoms with Crippen molar-refractivity contribution in [2.24, 2.45) is 0 Å². The summed E-state index contributed by atoms with van der Waals surface area (Å²) in [6.07, 6.45) is 5.00. The van der Waals surface area contributed by atoms with Crippen LogP contribution >= 0.6 is 0 Å². The fourth-order valence-electron chi connectivity index (χ4n) is 4.69. The number of amides is 3.